The van der Waals surface area contributed by atoms with E-state index >= 15 is 0 Å². The maximum absolute atomic E-state index is 4.31. The van der Waals surface area contributed by atoms with E-state index in [1.807, 2.05) is 42.5 Å². The van der Waals surface area contributed by atoms with Crippen LogP contribution in [0.1, 0.15) is 11.3 Å². The van der Waals surface area contributed by atoms with Crippen molar-refractivity contribution in [2.45, 2.75) is 10.9 Å². The first kappa shape index (κ1) is 15.7. The smallest absolute Gasteiger partial charge is 0.240 e. The Morgan fingerprint density at radius 2 is 2.22 bits per heavy atom. The van der Waals surface area contributed by atoms with Crippen molar-refractivity contribution < 1.29 is 0 Å². The second-order valence-electron chi connectivity index (χ2n) is 4.50. The number of hydrogen-bond acceptors (Lipinski definition) is 6. The van der Waals surface area contributed by atoms with Gasteiger partial charge in [-0.3, -0.25) is 4.98 Å². The molecule has 0 aliphatic heterocycles. The van der Waals surface area contributed by atoms with Crippen molar-refractivity contribution >= 4 is 39.9 Å². The van der Waals surface area contributed by atoms with Gasteiger partial charge in [-0.15, -0.1) is 5.10 Å². The molecule has 1 aromatic carbocycles. The summed E-state index contributed by atoms with van der Waals surface area (Å²) in [5, 5.41) is 11.7. The van der Waals surface area contributed by atoms with Crippen molar-refractivity contribution in [1.82, 2.24) is 20.2 Å². The highest BCUT2D eigenvalue weighted by Crippen LogP contribution is 2.18. The van der Waals surface area contributed by atoms with Crippen LogP contribution in [0.25, 0.3) is 0 Å². The molecule has 0 fully saturated rings. The summed E-state index contributed by atoms with van der Waals surface area (Å²) in [5.41, 5.74) is 4.80. The molecule has 3 aromatic rings. The Labute approximate surface area is 146 Å². The van der Waals surface area contributed by atoms with Crippen LogP contribution in [0.15, 0.2) is 63.4 Å². The summed E-state index contributed by atoms with van der Waals surface area (Å²) in [4.78, 5) is 8.57. The molecule has 0 bridgehead atoms. The summed E-state index contributed by atoms with van der Waals surface area (Å²) in [5.74, 6) is 1.22. The fourth-order valence-electron chi connectivity index (χ4n) is 1.74. The van der Waals surface area contributed by atoms with Crippen LogP contribution in [-0.2, 0) is 5.75 Å². The van der Waals surface area contributed by atoms with Gasteiger partial charge in [0, 0.05) is 16.4 Å². The van der Waals surface area contributed by atoms with E-state index in [9.17, 15) is 0 Å². The number of hydrazone groups is 1. The van der Waals surface area contributed by atoms with E-state index in [2.05, 4.69) is 46.6 Å². The zero-order valence-electron chi connectivity index (χ0n) is 12.0. The molecule has 0 aliphatic rings. The van der Waals surface area contributed by atoms with E-state index in [4.69, 9.17) is 0 Å². The molecule has 0 saturated carbocycles. The molecule has 0 saturated heterocycles. The maximum atomic E-state index is 4.31. The van der Waals surface area contributed by atoms with Gasteiger partial charge in [0.1, 0.15) is 0 Å². The fraction of sp³-hybridized carbons (Fsp3) is 0.0667. The molecule has 6 nitrogen and oxygen atoms in total. The maximum Gasteiger partial charge on any atom is 0.240 e. The van der Waals surface area contributed by atoms with Crippen molar-refractivity contribution in [3.05, 3.63) is 64.4 Å². The standard InChI is InChI=1S/C15H13BrN6S/c16-12-5-3-4-11(8-12)9-18-20-14-19-15(22-21-14)23-10-13-6-1-2-7-17-13/h1-9H,10H2,(H2,19,20,21,22)/b18-9-. The summed E-state index contributed by atoms with van der Waals surface area (Å²) < 4.78 is 1.01. The molecule has 0 radical (unpaired) electrons. The van der Waals surface area contributed by atoms with E-state index in [0.29, 0.717) is 11.1 Å². The van der Waals surface area contributed by atoms with Gasteiger partial charge < -0.3 is 0 Å². The third-order valence-electron chi connectivity index (χ3n) is 2.77. The number of aromatic nitrogens is 4. The average molecular weight is 389 g/mol. The molecule has 116 valence electrons. The van der Waals surface area contributed by atoms with Crippen LogP contribution in [0.5, 0.6) is 0 Å². The number of rotatable bonds is 6. The minimum absolute atomic E-state index is 0.500. The minimum Gasteiger partial charge on any atom is -0.260 e. The van der Waals surface area contributed by atoms with Crippen molar-refractivity contribution in [3.8, 4) is 0 Å². The third-order valence-corrected chi connectivity index (χ3v) is 4.15. The summed E-state index contributed by atoms with van der Waals surface area (Å²) in [6.45, 7) is 0. The number of halogens is 1. The van der Waals surface area contributed by atoms with Crippen LogP contribution in [0.4, 0.5) is 5.95 Å². The lowest BCUT2D eigenvalue weighted by atomic mass is 10.2. The number of anilines is 1. The topological polar surface area (TPSA) is 78.8 Å². The molecule has 0 atom stereocenters. The van der Waals surface area contributed by atoms with Gasteiger partial charge in [-0.2, -0.15) is 10.1 Å². The molecule has 2 aromatic heterocycles. The number of benzene rings is 1. The van der Waals surface area contributed by atoms with Crippen LogP contribution in [0.3, 0.4) is 0 Å². The molecule has 3 rings (SSSR count). The van der Waals surface area contributed by atoms with Crippen LogP contribution >= 0.6 is 27.7 Å². The number of H-pyrrole nitrogens is 1. The van der Waals surface area contributed by atoms with Gasteiger partial charge >= 0.3 is 0 Å². The van der Waals surface area contributed by atoms with E-state index in [1.165, 1.54) is 11.8 Å². The minimum atomic E-state index is 0.500. The normalized spacial score (nSPS) is 11.0. The van der Waals surface area contributed by atoms with Crippen LogP contribution < -0.4 is 5.43 Å². The number of hydrogen-bond donors (Lipinski definition) is 2. The molecular formula is C15H13BrN6S. The highest BCUT2D eigenvalue weighted by atomic mass is 79.9. The van der Waals surface area contributed by atoms with Gasteiger partial charge in [0.05, 0.1) is 11.9 Å². The highest BCUT2D eigenvalue weighted by molar-refractivity contribution is 9.10. The van der Waals surface area contributed by atoms with Gasteiger partial charge in [-0.25, -0.2) is 10.5 Å². The molecule has 8 heteroatoms. The summed E-state index contributed by atoms with van der Waals surface area (Å²) in [7, 11) is 0. The van der Waals surface area contributed by atoms with Crippen molar-refractivity contribution in [3.63, 3.8) is 0 Å². The van der Waals surface area contributed by atoms with Crippen LogP contribution in [0.2, 0.25) is 0 Å². The predicted molar refractivity (Wildman–Crippen MR) is 95.5 cm³/mol. The molecule has 0 amide bonds. The summed E-state index contributed by atoms with van der Waals surface area (Å²) >= 11 is 4.93. The number of thioether (sulfide) groups is 1. The van der Waals surface area contributed by atoms with Gasteiger partial charge in [-0.1, -0.05) is 45.9 Å². The average Bonchev–Trinajstić information content (AvgIpc) is 3.02. The molecule has 0 spiro atoms. The lowest BCUT2D eigenvalue weighted by Crippen LogP contribution is -1.92. The zero-order chi connectivity index (χ0) is 15.9. The monoisotopic (exact) mass is 388 g/mol. The van der Waals surface area contributed by atoms with Gasteiger partial charge in [-0.05, 0) is 29.8 Å². The third kappa shape index (κ3) is 4.90. The van der Waals surface area contributed by atoms with Crippen molar-refractivity contribution in [2.75, 3.05) is 5.43 Å². The summed E-state index contributed by atoms with van der Waals surface area (Å²) in [6, 6.07) is 13.7. The molecule has 0 unspecified atom stereocenters. The molecule has 2 heterocycles. The molecule has 23 heavy (non-hydrogen) atoms. The van der Waals surface area contributed by atoms with E-state index in [1.54, 1.807) is 12.4 Å². The lowest BCUT2D eigenvalue weighted by molar-refractivity contribution is 0.971. The Morgan fingerprint density at radius 1 is 1.26 bits per heavy atom. The second-order valence-corrected chi connectivity index (χ2v) is 6.36. The van der Waals surface area contributed by atoms with Crippen LogP contribution in [-0.4, -0.2) is 26.4 Å². The van der Waals surface area contributed by atoms with Crippen molar-refractivity contribution in [2.24, 2.45) is 5.10 Å². The molecule has 2 N–H and O–H groups in total. The number of pyridine rings is 1. The quantitative estimate of drug-likeness (QED) is 0.382. The van der Waals surface area contributed by atoms with Gasteiger partial charge in [0.25, 0.3) is 0 Å². The zero-order valence-corrected chi connectivity index (χ0v) is 14.4. The van der Waals surface area contributed by atoms with Crippen LogP contribution in [0, 0.1) is 0 Å². The molecular weight excluding hydrogens is 376 g/mol. The highest BCUT2D eigenvalue weighted by Gasteiger charge is 2.03. The Hall–Kier alpha value is -2.19. The van der Waals surface area contributed by atoms with Gasteiger partial charge in [0.2, 0.25) is 11.1 Å². The number of nitrogens with zero attached hydrogens (tertiary/aromatic N) is 4. The predicted octanol–water partition coefficient (Wildman–Crippen LogP) is 3.70. The van der Waals surface area contributed by atoms with E-state index in [-0.39, 0.29) is 0 Å². The first-order chi connectivity index (χ1) is 11.3. The fourth-order valence-corrected chi connectivity index (χ4v) is 2.87. The number of nitrogens with one attached hydrogen (secondary N) is 2. The first-order valence-corrected chi connectivity index (χ1v) is 8.57. The van der Waals surface area contributed by atoms with E-state index in [0.717, 1.165) is 21.5 Å². The second kappa shape index (κ2) is 7.89. The van der Waals surface area contributed by atoms with Crippen molar-refractivity contribution in [1.29, 1.82) is 0 Å². The largest absolute Gasteiger partial charge is 0.260 e. The SMILES string of the molecule is Brc1cccc(/C=N\Nc2nc(SCc3ccccn3)n[nH]2)c1. The lowest BCUT2D eigenvalue weighted by Gasteiger charge is -1.96. The Kier molecular flexibility index (Phi) is 5.38. The first-order valence-electron chi connectivity index (χ1n) is 6.79. The van der Waals surface area contributed by atoms with Gasteiger partial charge in [0.15, 0.2) is 0 Å². The number of aromatic amines is 1. The Balaban J connectivity index is 1.53. The Bertz CT molecular complexity index is 789. The summed E-state index contributed by atoms with van der Waals surface area (Å²) in [6.07, 6.45) is 3.49. The molecule has 0 aliphatic carbocycles. The Morgan fingerprint density at radius 3 is 3.04 bits per heavy atom. The van der Waals surface area contributed by atoms with E-state index < -0.39 is 0 Å².